The minimum Gasteiger partial charge on any atom is -0.303 e. The van der Waals surface area contributed by atoms with Crippen molar-refractivity contribution < 1.29 is 0 Å². The van der Waals surface area contributed by atoms with E-state index in [1.807, 2.05) is 25.1 Å². The lowest BCUT2D eigenvalue weighted by molar-refractivity contribution is 0.396. The van der Waals surface area contributed by atoms with Crippen molar-refractivity contribution in [2.75, 3.05) is 14.1 Å². The minimum atomic E-state index is -0.264. The highest BCUT2D eigenvalue weighted by Crippen LogP contribution is 2.27. The van der Waals surface area contributed by atoms with Crippen LogP contribution in [0.3, 0.4) is 0 Å². The van der Waals surface area contributed by atoms with Crippen LogP contribution >= 0.6 is 27.5 Å². The molecule has 17 heavy (non-hydrogen) atoms. The van der Waals surface area contributed by atoms with Crippen LogP contribution < -0.4 is 5.56 Å². The summed E-state index contributed by atoms with van der Waals surface area (Å²) in [5.74, 6) is 0. The molecule has 90 valence electrons. The van der Waals surface area contributed by atoms with Crippen LogP contribution in [0.5, 0.6) is 0 Å². The van der Waals surface area contributed by atoms with Crippen molar-refractivity contribution >= 4 is 38.3 Å². The molecule has 0 aliphatic rings. The number of nitrogens with zero attached hydrogens (tertiary/aromatic N) is 2. The number of fused-ring (bicyclic) bond motifs is 1. The van der Waals surface area contributed by atoms with Gasteiger partial charge in [0.15, 0.2) is 0 Å². The minimum absolute atomic E-state index is 0.264. The first-order valence-corrected chi connectivity index (χ1v) is 6.17. The third-order valence-corrected chi connectivity index (χ3v) is 3.11. The zero-order valence-corrected chi connectivity index (χ0v) is 11.8. The largest absolute Gasteiger partial charge is 0.303 e. The Kier molecular flexibility index (Phi) is 3.51. The first-order chi connectivity index (χ1) is 7.99. The van der Waals surface area contributed by atoms with Gasteiger partial charge in [0.25, 0.3) is 5.56 Å². The number of hydrogen-bond acceptors (Lipinski definition) is 3. The van der Waals surface area contributed by atoms with Crippen LogP contribution in [-0.2, 0) is 6.54 Å². The predicted molar refractivity (Wildman–Crippen MR) is 72.5 cm³/mol. The summed E-state index contributed by atoms with van der Waals surface area (Å²) in [5, 5.41) is 8.24. The number of H-pyrrole nitrogens is 1. The highest BCUT2D eigenvalue weighted by atomic mass is 79.9. The van der Waals surface area contributed by atoms with Gasteiger partial charge in [-0.15, -0.1) is 0 Å². The van der Waals surface area contributed by atoms with Crippen molar-refractivity contribution in [2.24, 2.45) is 0 Å². The third kappa shape index (κ3) is 2.51. The Bertz CT molecular complexity index is 624. The number of hydrogen-bond donors (Lipinski definition) is 1. The molecule has 1 N–H and O–H groups in total. The van der Waals surface area contributed by atoms with Crippen LogP contribution in [0.15, 0.2) is 21.4 Å². The van der Waals surface area contributed by atoms with E-state index in [9.17, 15) is 4.79 Å². The van der Waals surface area contributed by atoms with Crippen LogP contribution in [0.2, 0.25) is 5.02 Å². The maximum absolute atomic E-state index is 11.7. The van der Waals surface area contributed by atoms with E-state index in [4.69, 9.17) is 11.6 Å². The Labute approximate surface area is 112 Å². The molecular formula is C11H11BrClN3O. The molecule has 0 spiro atoms. The highest BCUT2D eigenvalue weighted by Gasteiger charge is 2.11. The van der Waals surface area contributed by atoms with Crippen molar-refractivity contribution in [1.82, 2.24) is 15.1 Å². The summed E-state index contributed by atoms with van der Waals surface area (Å²) in [5.41, 5.74) is 0.535. The van der Waals surface area contributed by atoms with Crippen molar-refractivity contribution in [3.63, 3.8) is 0 Å². The molecule has 0 saturated carbocycles. The molecule has 0 bridgehead atoms. The SMILES string of the molecule is CN(C)Cc1n[nH]c(=O)c2c(Cl)cc(Br)cc12. The monoisotopic (exact) mass is 315 g/mol. The molecular weight excluding hydrogens is 305 g/mol. The van der Waals surface area contributed by atoms with Crippen molar-refractivity contribution in [1.29, 1.82) is 0 Å². The molecule has 0 radical (unpaired) electrons. The Morgan fingerprint density at radius 3 is 2.82 bits per heavy atom. The summed E-state index contributed by atoms with van der Waals surface area (Å²) in [7, 11) is 3.89. The maximum atomic E-state index is 11.7. The van der Waals surface area contributed by atoms with E-state index < -0.39 is 0 Å². The van der Waals surface area contributed by atoms with Crippen molar-refractivity contribution in [3.05, 3.63) is 37.7 Å². The summed E-state index contributed by atoms with van der Waals surface area (Å²) in [6.45, 7) is 0.639. The molecule has 1 aromatic heterocycles. The topological polar surface area (TPSA) is 49.0 Å². The fourth-order valence-electron chi connectivity index (χ4n) is 1.69. The zero-order chi connectivity index (χ0) is 12.6. The lowest BCUT2D eigenvalue weighted by Gasteiger charge is -2.11. The van der Waals surface area contributed by atoms with E-state index in [0.29, 0.717) is 17.0 Å². The van der Waals surface area contributed by atoms with Gasteiger partial charge in [-0.2, -0.15) is 5.10 Å². The summed E-state index contributed by atoms with van der Waals surface area (Å²) in [4.78, 5) is 13.7. The lowest BCUT2D eigenvalue weighted by Crippen LogP contribution is -2.17. The molecule has 4 nitrogen and oxygen atoms in total. The second-order valence-electron chi connectivity index (χ2n) is 4.05. The summed E-state index contributed by atoms with van der Waals surface area (Å²) >= 11 is 9.45. The van der Waals surface area contributed by atoms with Gasteiger partial charge in [-0.1, -0.05) is 27.5 Å². The molecule has 6 heteroatoms. The van der Waals surface area contributed by atoms with Crippen LogP contribution in [0, 0.1) is 0 Å². The number of nitrogens with one attached hydrogen (secondary N) is 1. The van der Waals surface area contributed by atoms with Gasteiger partial charge in [0.1, 0.15) is 0 Å². The molecule has 2 aromatic rings. The van der Waals surface area contributed by atoms with Gasteiger partial charge in [-0.3, -0.25) is 4.79 Å². The Balaban J connectivity index is 2.79. The molecule has 0 amide bonds. The molecule has 0 fully saturated rings. The molecule has 0 aliphatic carbocycles. The number of aromatic nitrogens is 2. The van der Waals surface area contributed by atoms with Gasteiger partial charge >= 0.3 is 0 Å². The molecule has 0 saturated heterocycles. The van der Waals surface area contributed by atoms with Gasteiger partial charge in [0, 0.05) is 16.4 Å². The molecule has 1 heterocycles. The average Bonchev–Trinajstić information content (AvgIpc) is 2.20. The molecule has 1 aromatic carbocycles. The van der Waals surface area contributed by atoms with Gasteiger partial charge in [0.2, 0.25) is 0 Å². The standard InChI is InChI=1S/C11H11BrClN3O/c1-16(2)5-9-7-3-6(12)4-8(13)10(7)11(17)15-14-9/h3-4H,5H2,1-2H3,(H,15,17). The van der Waals surface area contributed by atoms with Crippen molar-refractivity contribution in [2.45, 2.75) is 6.54 Å². The maximum Gasteiger partial charge on any atom is 0.273 e. The molecule has 0 atom stereocenters. The number of rotatable bonds is 2. The Hall–Kier alpha value is -0.910. The van der Waals surface area contributed by atoms with Crippen molar-refractivity contribution in [3.8, 4) is 0 Å². The lowest BCUT2D eigenvalue weighted by atomic mass is 10.1. The van der Waals surface area contributed by atoms with Crippen LogP contribution in [0.25, 0.3) is 10.8 Å². The Morgan fingerprint density at radius 1 is 1.47 bits per heavy atom. The quantitative estimate of drug-likeness (QED) is 0.925. The first kappa shape index (κ1) is 12.5. The van der Waals surface area contributed by atoms with E-state index in [1.54, 1.807) is 6.07 Å². The fourth-order valence-corrected chi connectivity index (χ4v) is 2.58. The first-order valence-electron chi connectivity index (χ1n) is 5.00. The number of halogens is 2. The fraction of sp³-hybridized carbons (Fsp3) is 0.273. The van der Waals surface area contributed by atoms with E-state index in [-0.39, 0.29) is 5.56 Å². The number of benzene rings is 1. The van der Waals surface area contributed by atoms with Crippen LogP contribution in [0.4, 0.5) is 0 Å². The summed E-state index contributed by atoms with van der Waals surface area (Å²) < 4.78 is 0.836. The van der Waals surface area contributed by atoms with Crippen LogP contribution in [-0.4, -0.2) is 29.2 Å². The van der Waals surface area contributed by atoms with E-state index in [2.05, 4.69) is 26.1 Å². The summed E-state index contributed by atoms with van der Waals surface area (Å²) in [6, 6.07) is 3.57. The second-order valence-corrected chi connectivity index (χ2v) is 5.37. The highest BCUT2D eigenvalue weighted by molar-refractivity contribution is 9.10. The van der Waals surface area contributed by atoms with Gasteiger partial charge in [0.05, 0.1) is 16.1 Å². The smallest absolute Gasteiger partial charge is 0.273 e. The zero-order valence-electron chi connectivity index (χ0n) is 9.42. The van der Waals surface area contributed by atoms with E-state index in [0.717, 1.165) is 15.6 Å². The van der Waals surface area contributed by atoms with E-state index in [1.165, 1.54) is 0 Å². The third-order valence-electron chi connectivity index (χ3n) is 2.35. The van der Waals surface area contributed by atoms with Gasteiger partial charge in [-0.05, 0) is 26.2 Å². The van der Waals surface area contributed by atoms with Gasteiger partial charge in [-0.25, -0.2) is 5.10 Å². The normalized spacial score (nSPS) is 11.4. The average molecular weight is 317 g/mol. The summed E-state index contributed by atoms with van der Waals surface area (Å²) in [6.07, 6.45) is 0. The molecule has 0 aliphatic heterocycles. The van der Waals surface area contributed by atoms with Crippen LogP contribution in [0.1, 0.15) is 5.69 Å². The van der Waals surface area contributed by atoms with Gasteiger partial charge < -0.3 is 4.90 Å². The second kappa shape index (κ2) is 4.76. The number of aromatic amines is 1. The Morgan fingerprint density at radius 2 is 2.18 bits per heavy atom. The molecule has 0 unspecified atom stereocenters. The molecule has 2 rings (SSSR count). The van der Waals surface area contributed by atoms with E-state index >= 15 is 0 Å². The predicted octanol–water partition coefficient (Wildman–Crippen LogP) is 2.40.